The van der Waals surface area contributed by atoms with Crippen LogP contribution in [0.1, 0.15) is 0 Å². The molecule has 0 radical (unpaired) electrons. The zero-order valence-corrected chi connectivity index (χ0v) is 7.39. The molecule has 0 saturated heterocycles. The number of nitro groups is 1. The number of phenolic OH excluding ortho intramolecular Hbond substituents is 1. The van der Waals surface area contributed by atoms with Crippen molar-refractivity contribution >= 4 is 22.7 Å². The van der Waals surface area contributed by atoms with E-state index in [0.717, 1.165) is 12.1 Å². The van der Waals surface area contributed by atoms with Crippen molar-refractivity contribution < 1.29 is 19.6 Å². The van der Waals surface area contributed by atoms with Gasteiger partial charge in [-0.2, -0.15) is 0 Å². The van der Waals surface area contributed by atoms with Gasteiger partial charge >= 0.3 is 11.1 Å². The Morgan fingerprint density at radius 1 is 1.57 bits per heavy atom. The highest BCUT2D eigenvalue weighted by molar-refractivity contribution is 6.61. The van der Waals surface area contributed by atoms with Gasteiger partial charge in [-0.1, -0.05) is 6.07 Å². The first-order chi connectivity index (χ1) is 6.52. The number of phenols is 1. The molecule has 1 rings (SSSR count). The zero-order valence-electron chi connectivity index (χ0n) is 6.64. The van der Waals surface area contributed by atoms with E-state index in [2.05, 4.69) is 4.74 Å². The van der Waals surface area contributed by atoms with E-state index in [-0.39, 0.29) is 0 Å². The van der Waals surface area contributed by atoms with Gasteiger partial charge < -0.3 is 9.84 Å². The summed E-state index contributed by atoms with van der Waals surface area (Å²) in [5, 5.41) is 19.5. The molecule has 0 unspecified atom stereocenters. The maximum Gasteiger partial charge on any atom is 0.409 e. The second-order valence-electron chi connectivity index (χ2n) is 2.22. The molecule has 0 saturated carbocycles. The fourth-order valence-corrected chi connectivity index (χ4v) is 0.946. The van der Waals surface area contributed by atoms with Crippen LogP contribution in [0, 0.1) is 10.1 Å². The van der Waals surface area contributed by atoms with Crippen LogP contribution in [0.2, 0.25) is 0 Å². The van der Waals surface area contributed by atoms with Crippen molar-refractivity contribution in [1.29, 1.82) is 0 Å². The molecule has 0 fully saturated rings. The van der Waals surface area contributed by atoms with Gasteiger partial charge in [0.15, 0.2) is 5.75 Å². The molecule has 0 amide bonds. The van der Waals surface area contributed by atoms with Gasteiger partial charge in [0.05, 0.1) is 4.92 Å². The summed E-state index contributed by atoms with van der Waals surface area (Å²) in [6.45, 7) is 0. The highest BCUT2D eigenvalue weighted by atomic mass is 35.5. The predicted octanol–water partition coefficient (Wildman–Crippen LogP) is 2.04. The number of carbonyl (C=O) groups excluding carboxylic acids is 1. The lowest BCUT2D eigenvalue weighted by Gasteiger charge is -2.01. The third-order valence-corrected chi connectivity index (χ3v) is 1.43. The van der Waals surface area contributed by atoms with E-state index < -0.39 is 27.5 Å². The van der Waals surface area contributed by atoms with Gasteiger partial charge in [-0.3, -0.25) is 10.1 Å². The molecule has 74 valence electrons. The van der Waals surface area contributed by atoms with E-state index in [4.69, 9.17) is 16.7 Å². The number of ether oxygens (including phenoxy) is 1. The second kappa shape index (κ2) is 3.93. The summed E-state index contributed by atoms with van der Waals surface area (Å²) in [6.07, 6.45) is 0. The number of hydrogen-bond donors (Lipinski definition) is 1. The standard InChI is InChI=1S/C7H4ClNO5/c8-7(11)14-5-3-1-2-4(10)6(5)9(12)13/h1-3,10H. The summed E-state index contributed by atoms with van der Waals surface area (Å²) < 4.78 is 4.31. The zero-order chi connectivity index (χ0) is 10.7. The Morgan fingerprint density at radius 2 is 2.21 bits per heavy atom. The van der Waals surface area contributed by atoms with Crippen LogP contribution in [0.15, 0.2) is 18.2 Å². The van der Waals surface area contributed by atoms with Crippen LogP contribution >= 0.6 is 11.6 Å². The number of para-hydroxylation sites is 1. The smallest absolute Gasteiger partial charge is 0.409 e. The molecular weight excluding hydrogens is 214 g/mol. The molecule has 0 aliphatic heterocycles. The molecule has 7 heteroatoms. The van der Waals surface area contributed by atoms with Crippen LogP contribution in [-0.4, -0.2) is 15.5 Å². The predicted molar refractivity (Wildman–Crippen MR) is 46.6 cm³/mol. The summed E-state index contributed by atoms with van der Waals surface area (Å²) in [7, 11) is 0. The van der Waals surface area contributed by atoms with Crippen molar-refractivity contribution in [2.75, 3.05) is 0 Å². The van der Waals surface area contributed by atoms with Crippen LogP contribution in [0.3, 0.4) is 0 Å². The monoisotopic (exact) mass is 217 g/mol. The summed E-state index contributed by atoms with van der Waals surface area (Å²) >= 11 is 4.88. The Morgan fingerprint density at radius 3 is 2.71 bits per heavy atom. The minimum atomic E-state index is -1.21. The van der Waals surface area contributed by atoms with Gasteiger partial charge in [0.1, 0.15) is 0 Å². The first-order valence-electron chi connectivity index (χ1n) is 3.36. The van der Waals surface area contributed by atoms with Crippen molar-refractivity contribution in [2.45, 2.75) is 0 Å². The minimum absolute atomic E-state index is 0.394. The quantitative estimate of drug-likeness (QED) is 0.465. The normalized spacial score (nSPS) is 9.50. The molecule has 0 aromatic heterocycles. The van der Waals surface area contributed by atoms with Gasteiger partial charge in [0.25, 0.3) is 0 Å². The van der Waals surface area contributed by atoms with E-state index in [1.54, 1.807) is 0 Å². The van der Waals surface area contributed by atoms with Gasteiger partial charge in [-0.25, -0.2) is 4.79 Å². The Balaban J connectivity index is 3.21. The molecule has 6 nitrogen and oxygen atoms in total. The van der Waals surface area contributed by atoms with Gasteiger partial charge in [0.2, 0.25) is 5.75 Å². The van der Waals surface area contributed by atoms with Crippen molar-refractivity contribution in [3.63, 3.8) is 0 Å². The van der Waals surface area contributed by atoms with E-state index in [1.807, 2.05) is 0 Å². The number of carbonyl (C=O) groups is 1. The summed E-state index contributed by atoms with van der Waals surface area (Å²) in [5.41, 5.74) is -1.90. The summed E-state index contributed by atoms with van der Waals surface area (Å²) in [4.78, 5) is 19.9. The maximum atomic E-state index is 10.4. The molecule has 0 atom stereocenters. The van der Waals surface area contributed by atoms with Crippen LogP contribution < -0.4 is 4.74 Å². The van der Waals surface area contributed by atoms with Gasteiger partial charge in [-0.05, 0) is 12.1 Å². The molecule has 1 aromatic carbocycles. The molecule has 14 heavy (non-hydrogen) atoms. The average Bonchev–Trinajstić information content (AvgIpc) is 2.01. The number of hydrogen-bond acceptors (Lipinski definition) is 5. The Kier molecular flexibility index (Phi) is 2.88. The lowest BCUT2D eigenvalue weighted by atomic mass is 10.3. The van der Waals surface area contributed by atoms with Crippen LogP contribution in [-0.2, 0) is 0 Å². The molecular formula is C7H4ClNO5. The van der Waals surface area contributed by atoms with Crippen LogP contribution in [0.5, 0.6) is 11.5 Å². The van der Waals surface area contributed by atoms with Crippen LogP contribution in [0.4, 0.5) is 10.5 Å². The van der Waals surface area contributed by atoms with Gasteiger partial charge in [0, 0.05) is 11.6 Å². The van der Waals surface area contributed by atoms with Crippen LogP contribution in [0.25, 0.3) is 0 Å². The highest BCUT2D eigenvalue weighted by Gasteiger charge is 2.21. The lowest BCUT2D eigenvalue weighted by Crippen LogP contribution is -2.00. The van der Waals surface area contributed by atoms with E-state index in [9.17, 15) is 14.9 Å². The average molecular weight is 218 g/mol. The third-order valence-electron chi connectivity index (χ3n) is 1.35. The number of rotatable bonds is 2. The van der Waals surface area contributed by atoms with E-state index in [0.29, 0.717) is 0 Å². The molecule has 1 aromatic rings. The summed E-state index contributed by atoms with van der Waals surface area (Å²) in [5.74, 6) is -0.986. The molecule has 1 N–H and O–H groups in total. The second-order valence-corrected chi connectivity index (χ2v) is 2.53. The number of benzene rings is 1. The number of halogens is 1. The largest absolute Gasteiger partial charge is 0.502 e. The molecule has 0 aliphatic rings. The number of aromatic hydroxyl groups is 1. The first kappa shape index (κ1) is 10.3. The topological polar surface area (TPSA) is 89.7 Å². The number of nitrogens with zero attached hydrogens (tertiary/aromatic N) is 1. The first-order valence-corrected chi connectivity index (χ1v) is 3.74. The fraction of sp³-hybridized carbons (Fsp3) is 0. The molecule has 0 bridgehead atoms. The van der Waals surface area contributed by atoms with Crippen molar-refractivity contribution in [3.8, 4) is 11.5 Å². The Hall–Kier alpha value is -1.82. The Labute approximate surface area is 82.8 Å². The lowest BCUT2D eigenvalue weighted by molar-refractivity contribution is -0.386. The van der Waals surface area contributed by atoms with E-state index in [1.165, 1.54) is 6.07 Å². The van der Waals surface area contributed by atoms with Crippen molar-refractivity contribution in [1.82, 2.24) is 0 Å². The third kappa shape index (κ3) is 2.11. The van der Waals surface area contributed by atoms with Crippen molar-refractivity contribution in [3.05, 3.63) is 28.3 Å². The van der Waals surface area contributed by atoms with Crippen molar-refractivity contribution in [2.24, 2.45) is 0 Å². The summed E-state index contributed by atoms with van der Waals surface area (Å²) in [6, 6.07) is 3.54. The minimum Gasteiger partial charge on any atom is -0.502 e. The Bertz CT molecular complexity index is 392. The fourth-order valence-electron chi connectivity index (χ4n) is 0.863. The molecule has 0 heterocycles. The molecule has 0 aliphatic carbocycles. The highest BCUT2D eigenvalue weighted by Crippen LogP contribution is 2.35. The molecule has 0 spiro atoms. The SMILES string of the molecule is O=C(Cl)Oc1cccc(O)c1[N+](=O)[O-]. The maximum absolute atomic E-state index is 10.4. The van der Waals surface area contributed by atoms with E-state index >= 15 is 0 Å². The number of nitro benzene ring substituents is 1. The van der Waals surface area contributed by atoms with Gasteiger partial charge in [-0.15, -0.1) is 0 Å².